The average molecular weight is 334 g/mol. The number of hydrogen-bond acceptors (Lipinski definition) is 3. The molecule has 0 unspecified atom stereocenters. The van der Waals surface area contributed by atoms with Crippen LogP contribution in [0.1, 0.15) is 30.5 Å². The topological polar surface area (TPSA) is 34.5 Å². The first-order chi connectivity index (χ1) is 12.0. The van der Waals surface area contributed by atoms with Crippen molar-refractivity contribution in [1.29, 1.82) is 0 Å². The van der Waals surface area contributed by atoms with Gasteiger partial charge >= 0.3 is 0 Å². The van der Waals surface area contributed by atoms with Gasteiger partial charge in [0.25, 0.3) is 0 Å². The number of hydrogen-bond donors (Lipinski definition) is 0. The highest BCUT2D eigenvalue weighted by molar-refractivity contribution is 6.15. The first-order valence-electron chi connectivity index (χ1n) is 8.29. The third-order valence-electron chi connectivity index (χ3n) is 4.57. The van der Waals surface area contributed by atoms with Gasteiger partial charge in [-0.1, -0.05) is 24.3 Å². The fourth-order valence-corrected chi connectivity index (χ4v) is 3.44. The molecule has 25 heavy (non-hydrogen) atoms. The Morgan fingerprint density at radius 3 is 2.72 bits per heavy atom. The van der Waals surface area contributed by atoms with Gasteiger partial charge in [-0.2, -0.15) is 0 Å². The van der Waals surface area contributed by atoms with Gasteiger partial charge < -0.3 is 4.74 Å². The number of aromatic nitrogens is 1. The van der Waals surface area contributed by atoms with E-state index in [9.17, 15) is 4.39 Å². The Kier molecular flexibility index (Phi) is 3.57. The number of pyridine rings is 1. The van der Waals surface area contributed by atoms with Gasteiger partial charge in [0.2, 0.25) is 0 Å². The van der Waals surface area contributed by atoms with Crippen molar-refractivity contribution in [2.75, 3.05) is 7.11 Å². The highest BCUT2D eigenvalue weighted by Crippen LogP contribution is 2.32. The zero-order valence-electron chi connectivity index (χ0n) is 14.5. The largest absolute Gasteiger partial charge is 0.494 e. The molecule has 1 aromatic heterocycles. The lowest BCUT2D eigenvalue weighted by Crippen LogP contribution is -2.30. The molecule has 4 heteroatoms. The molecule has 0 spiro atoms. The van der Waals surface area contributed by atoms with E-state index in [2.05, 4.69) is 4.98 Å². The van der Waals surface area contributed by atoms with E-state index in [1.165, 1.54) is 6.07 Å². The van der Waals surface area contributed by atoms with Crippen LogP contribution in [0.3, 0.4) is 0 Å². The summed E-state index contributed by atoms with van der Waals surface area (Å²) in [7, 11) is 1.64. The van der Waals surface area contributed by atoms with Crippen LogP contribution in [0.2, 0.25) is 0 Å². The Labute approximate surface area is 146 Å². The van der Waals surface area contributed by atoms with E-state index in [0.717, 1.165) is 39.1 Å². The van der Waals surface area contributed by atoms with Gasteiger partial charge in [0, 0.05) is 29.1 Å². The lowest BCUT2D eigenvalue weighted by molar-refractivity contribution is 0.419. The van der Waals surface area contributed by atoms with Crippen molar-refractivity contribution in [3.05, 3.63) is 71.2 Å². The van der Waals surface area contributed by atoms with Crippen LogP contribution in [0.5, 0.6) is 5.75 Å². The maximum absolute atomic E-state index is 14.4. The molecule has 0 bridgehead atoms. The van der Waals surface area contributed by atoms with Crippen LogP contribution < -0.4 is 4.74 Å². The van der Waals surface area contributed by atoms with E-state index in [1.807, 2.05) is 44.2 Å². The van der Waals surface area contributed by atoms with E-state index in [-0.39, 0.29) is 11.4 Å². The predicted molar refractivity (Wildman–Crippen MR) is 98.1 cm³/mol. The molecule has 0 saturated carbocycles. The van der Waals surface area contributed by atoms with Gasteiger partial charge in [-0.25, -0.2) is 4.39 Å². The lowest BCUT2D eigenvalue weighted by atomic mass is 9.85. The molecule has 0 saturated heterocycles. The van der Waals surface area contributed by atoms with E-state index >= 15 is 0 Å². The molecule has 0 fully saturated rings. The second kappa shape index (κ2) is 5.66. The smallest absolute Gasteiger partial charge is 0.145 e. The van der Waals surface area contributed by atoms with Gasteiger partial charge in [-0.3, -0.25) is 9.98 Å². The quantitative estimate of drug-likeness (QED) is 0.689. The Bertz CT molecular complexity index is 1010. The van der Waals surface area contributed by atoms with Crippen molar-refractivity contribution >= 4 is 16.6 Å². The number of para-hydroxylation sites is 1. The fraction of sp³-hybridized carbons (Fsp3) is 0.238. The zero-order valence-corrected chi connectivity index (χ0v) is 14.5. The molecule has 1 aliphatic rings. The summed E-state index contributed by atoms with van der Waals surface area (Å²) in [6.45, 7) is 4.06. The van der Waals surface area contributed by atoms with Crippen molar-refractivity contribution < 1.29 is 9.13 Å². The van der Waals surface area contributed by atoms with Crippen LogP contribution in [0.4, 0.5) is 4.39 Å². The lowest BCUT2D eigenvalue weighted by Gasteiger charge is -2.29. The molecule has 3 aromatic rings. The molecule has 1 aliphatic heterocycles. The van der Waals surface area contributed by atoms with Crippen LogP contribution >= 0.6 is 0 Å². The molecule has 2 heterocycles. The number of methoxy groups -OCH3 is 1. The maximum atomic E-state index is 14.4. The van der Waals surface area contributed by atoms with Crippen LogP contribution in [-0.4, -0.2) is 23.3 Å². The number of aliphatic imine (C=N–C) groups is 1. The Balaban J connectivity index is 1.93. The number of rotatable bonds is 2. The van der Waals surface area contributed by atoms with E-state index in [1.54, 1.807) is 19.4 Å². The predicted octanol–water partition coefficient (Wildman–Crippen LogP) is 4.55. The van der Waals surface area contributed by atoms with Gasteiger partial charge in [-0.15, -0.1) is 0 Å². The Morgan fingerprint density at radius 2 is 1.92 bits per heavy atom. The maximum Gasteiger partial charge on any atom is 0.145 e. The van der Waals surface area contributed by atoms with Crippen LogP contribution in [0.25, 0.3) is 10.9 Å². The van der Waals surface area contributed by atoms with Crippen molar-refractivity contribution in [3.8, 4) is 5.75 Å². The molecule has 2 aromatic carbocycles. The summed E-state index contributed by atoms with van der Waals surface area (Å²) >= 11 is 0. The minimum Gasteiger partial charge on any atom is -0.494 e. The summed E-state index contributed by atoms with van der Waals surface area (Å²) in [5.74, 6) is 0.565. The molecule has 3 nitrogen and oxygen atoms in total. The second-order valence-corrected chi connectivity index (χ2v) is 6.97. The third kappa shape index (κ3) is 2.68. The zero-order chi connectivity index (χ0) is 17.6. The van der Waals surface area contributed by atoms with Crippen molar-refractivity contribution in [2.45, 2.75) is 25.8 Å². The standard InChI is InChI=1S/C21H19FN2O/c1-21(2)11-16-15(7-5-8-17(16)22)19(24-21)14-10-13-6-4-9-18(25-3)20(13)23-12-14/h4-10,12H,11H2,1-3H3. The molecular weight excluding hydrogens is 315 g/mol. The highest BCUT2D eigenvalue weighted by atomic mass is 19.1. The number of ether oxygens (including phenoxy) is 1. The summed E-state index contributed by atoms with van der Waals surface area (Å²) < 4.78 is 19.7. The fourth-order valence-electron chi connectivity index (χ4n) is 3.44. The van der Waals surface area contributed by atoms with E-state index < -0.39 is 0 Å². The summed E-state index contributed by atoms with van der Waals surface area (Å²) in [5, 5.41) is 0.973. The van der Waals surface area contributed by atoms with Gasteiger partial charge in [0.15, 0.2) is 0 Å². The summed E-state index contributed by atoms with van der Waals surface area (Å²) in [6.07, 6.45) is 2.38. The summed E-state index contributed by atoms with van der Waals surface area (Å²) in [5.41, 5.74) is 3.72. The molecule has 0 N–H and O–H groups in total. The molecule has 0 radical (unpaired) electrons. The molecule has 0 amide bonds. The molecule has 0 aliphatic carbocycles. The number of halogens is 1. The van der Waals surface area contributed by atoms with E-state index in [0.29, 0.717) is 6.42 Å². The van der Waals surface area contributed by atoms with Gasteiger partial charge in [0.1, 0.15) is 17.1 Å². The monoisotopic (exact) mass is 334 g/mol. The normalized spacial score (nSPS) is 15.6. The van der Waals surface area contributed by atoms with Crippen LogP contribution in [0.15, 0.2) is 53.7 Å². The van der Waals surface area contributed by atoms with Crippen molar-refractivity contribution in [3.63, 3.8) is 0 Å². The summed E-state index contributed by atoms with van der Waals surface area (Å²) in [4.78, 5) is 9.47. The molecular formula is C21H19FN2O. The van der Waals surface area contributed by atoms with Crippen LogP contribution in [0, 0.1) is 5.82 Å². The minimum absolute atomic E-state index is 0.173. The molecule has 4 rings (SSSR count). The van der Waals surface area contributed by atoms with Crippen molar-refractivity contribution in [2.24, 2.45) is 4.99 Å². The van der Waals surface area contributed by atoms with E-state index in [4.69, 9.17) is 9.73 Å². The van der Waals surface area contributed by atoms with Crippen molar-refractivity contribution in [1.82, 2.24) is 4.98 Å². The first-order valence-corrected chi connectivity index (χ1v) is 8.29. The molecule has 126 valence electrons. The average Bonchev–Trinajstić information content (AvgIpc) is 2.60. The van der Waals surface area contributed by atoms with Crippen LogP contribution in [-0.2, 0) is 6.42 Å². The van der Waals surface area contributed by atoms with Gasteiger partial charge in [0.05, 0.1) is 18.4 Å². The minimum atomic E-state index is -0.353. The highest BCUT2D eigenvalue weighted by Gasteiger charge is 2.29. The number of benzene rings is 2. The Morgan fingerprint density at radius 1 is 1.12 bits per heavy atom. The Hall–Kier alpha value is -2.75. The third-order valence-corrected chi connectivity index (χ3v) is 4.57. The van der Waals surface area contributed by atoms with Gasteiger partial charge in [-0.05, 0) is 37.6 Å². The number of fused-ring (bicyclic) bond motifs is 2. The number of nitrogens with zero attached hydrogens (tertiary/aromatic N) is 2. The first kappa shape index (κ1) is 15.8. The molecule has 0 atom stereocenters. The second-order valence-electron chi connectivity index (χ2n) is 6.97. The summed E-state index contributed by atoms with van der Waals surface area (Å²) in [6, 6.07) is 13.0. The SMILES string of the molecule is COc1cccc2cc(C3=NC(C)(C)Cc4c(F)cccc43)cnc12.